The topological polar surface area (TPSA) is 106 Å². The highest BCUT2D eigenvalue weighted by Crippen LogP contribution is 2.56. The van der Waals surface area contributed by atoms with Crippen molar-refractivity contribution in [3.05, 3.63) is 95.6 Å². The lowest BCUT2D eigenvalue weighted by Crippen LogP contribution is -2.47. The second-order valence-electron chi connectivity index (χ2n) is 9.65. The van der Waals surface area contributed by atoms with Gasteiger partial charge in [0.1, 0.15) is 17.5 Å². The number of ketones is 1. The maximum absolute atomic E-state index is 14.5. The summed E-state index contributed by atoms with van der Waals surface area (Å²) in [6, 6.07) is 21.5. The standard InChI is InChI=1S/C32H28N2O6/c1-4-39-31(37)32(19-33)27-18-13-21-7-5-6-8-26(21)34(27)29(28(32)22-9-14-24(38-3)15-10-22)30(36)23-11-16-25(17-12-23)40-20(2)35/h5-18,27-29H,4H2,1-3H3. The molecule has 2 aliphatic rings. The molecule has 4 unspecified atom stereocenters. The molecule has 202 valence electrons. The third kappa shape index (κ3) is 4.30. The van der Waals surface area contributed by atoms with E-state index in [0.29, 0.717) is 22.6 Å². The van der Waals surface area contributed by atoms with Crippen LogP contribution in [0.15, 0.2) is 78.9 Å². The number of rotatable bonds is 7. The van der Waals surface area contributed by atoms with Crippen LogP contribution in [0.25, 0.3) is 6.08 Å². The molecule has 3 aromatic rings. The molecule has 0 N–H and O–H groups in total. The Balaban J connectivity index is 1.74. The zero-order valence-electron chi connectivity index (χ0n) is 22.4. The lowest BCUT2D eigenvalue weighted by Gasteiger charge is -2.36. The van der Waals surface area contributed by atoms with Crippen LogP contribution in [0.3, 0.4) is 0 Å². The molecular weight excluding hydrogens is 508 g/mol. The summed E-state index contributed by atoms with van der Waals surface area (Å²) in [6.45, 7) is 3.08. The monoisotopic (exact) mass is 536 g/mol. The third-order valence-corrected chi connectivity index (χ3v) is 7.49. The molecule has 8 nitrogen and oxygen atoms in total. The van der Waals surface area contributed by atoms with Crippen LogP contribution in [0.4, 0.5) is 5.69 Å². The summed E-state index contributed by atoms with van der Waals surface area (Å²) in [5.41, 5.74) is 0.859. The van der Waals surface area contributed by atoms with Crippen molar-refractivity contribution in [3.8, 4) is 17.6 Å². The van der Waals surface area contributed by atoms with E-state index < -0.39 is 35.4 Å². The quantitative estimate of drug-likeness (QED) is 0.237. The summed E-state index contributed by atoms with van der Waals surface area (Å²) >= 11 is 0. The largest absolute Gasteiger partial charge is 0.497 e. The molecule has 2 aliphatic heterocycles. The molecule has 0 radical (unpaired) electrons. The van der Waals surface area contributed by atoms with Crippen LogP contribution in [0, 0.1) is 16.7 Å². The summed E-state index contributed by atoms with van der Waals surface area (Å²) < 4.78 is 16.0. The van der Waals surface area contributed by atoms with E-state index in [-0.39, 0.29) is 12.4 Å². The van der Waals surface area contributed by atoms with Crippen LogP contribution >= 0.6 is 0 Å². The SMILES string of the molecule is CCOC(=O)C1(C#N)C(c2ccc(OC)cc2)C(C(=O)c2ccc(OC(C)=O)cc2)N2c3ccccc3C=CC21. The van der Waals surface area contributed by atoms with Crippen molar-refractivity contribution in [1.82, 2.24) is 0 Å². The number of anilines is 1. The summed E-state index contributed by atoms with van der Waals surface area (Å²) in [4.78, 5) is 41.6. The minimum Gasteiger partial charge on any atom is -0.497 e. The van der Waals surface area contributed by atoms with Crippen LogP contribution < -0.4 is 14.4 Å². The predicted molar refractivity (Wildman–Crippen MR) is 148 cm³/mol. The third-order valence-electron chi connectivity index (χ3n) is 7.49. The van der Waals surface area contributed by atoms with E-state index in [4.69, 9.17) is 14.2 Å². The predicted octanol–water partition coefficient (Wildman–Crippen LogP) is 4.94. The average molecular weight is 537 g/mol. The van der Waals surface area contributed by atoms with Crippen LogP contribution in [-0.4, -0.2) is 43.5 Å². The van der Waals surface area contributed by atoms with E-state index in [2.05, 4.69) is 6.07 Å². The second-order valence-corrected chi connectivity index (χ2v) is 9.65. The summed E-state index contributed by atoms with van der Waals surface area (Å²) in [5.74, 6) is -1.41. The molecule has 1 fully saturated rings. The van der Waals surface area contributed by atoms with Gasteiger partial charge in [-0.25, -0.2) is 0 Å². The number of ether oxygens (including phenoxy) is 3. The fraction of sp³-hybridized carbons (Fsp3) is 0.250. The Bertz CT molecular complexity index is 1520. The molecule has 4 atom stereocenters. The van der Waals surface area contributed by atoms with Crippen molar-refractivity contribution in [2.75, 3.05) is 18.6 Å². The molecule has 0 aromatic heterocycles. The van der Waals surface area contributed by atoms with Gasteiger partial charge in [-0.05, 0) is 60.5 Å². The van der Waals surface area contributed by atoms with Crippen molar-refractivity contribution < 1.29 is 28.6 Å². The van der Waals surface area contributed by atoms with E-state index in [9.17, 15) is 19.6 Å². The van der Waals surface area contributed by atoms with Gasteiger partial charge in [0.2, 0.25) is 0 Å². The molecule has 2 heterocycles. The van der Waals surface area contributed by atoms with Crippen LogP contribution in [0.5, 0.6) is 11.5 Å². The minimum absolute atomic E-state index is 0.0842. The first-order chi connectivity index (χ1) is 19.3. The summed E-state index contributed by atoms with van der Waals surface area (Å²) in [6.07, 6.45) is 3.70. The molecule has 1 saturated heterocycles. The Labute approximate surface area is 232 Å². The zero-order chi connectivity index (χ0) is 28.4. The average Bonchev–Trinajstić information content (AvgIpc) is 3.29. The van der Waals surface area contributed by atoms with Crippen molar-refractivity contribution >= 4 is 29.5 Å². The van der Waals surface area contributed by atoms with E-state index in [0.717, 1.165) is 11.3 Å². The van der Waals surface area contributed by atoms with Gasteiger partial charge in [-0.15, -0.1) is 0 Å². The minimum atomic E-state index is -1.73. The number of fused-ring (bicyclic) bond motifs is 3. The lowest BCUT2D eigenvalue weighted by molar-refractivity contribution is -0.152. The Hall–Kier alpha value is -4.90. The Morgan fingerprint density at radius 1 is 0.975 bits per heavy atom. The number of methoxy groups -OCH3 is 1. The molecule has 0 saturated carbocycles. The number of hydrogen-bond donors (Lipinski definition) is 0. The Morgan fingerprint density at radius 3 is 2.27 bits per heavy atom. The molecule has 5 rings (SSSR count). The number of para-hydroxylation sites is 1. The first-order valence-electron chi connectivity index (χ1n) is 13.0. The fourth-order valence-corrected chi connectivity index (χ4v) is 5.83. The molecule has 0 spiro atoms. The maximum atomic E-state index is 14.5. The van der Waals surface area contributed by atoms with E-state index in [1.54, 1.807) is 62.6 Å². The van der Waals surface area contributed by atoms with Gasteiger partial charge in [-0.1, -0.05) is 42.5 Å². The van der Waals surface area contributed by atoms with Crippen molar-refractivity contribution in [2.24, 2.45) is 5.41 Å². The van der Waals surface area contributed by atoms with Gasteiger partial charge in [0.15, 0.2) is 11.2 Å². The van der Waals surface area contributed by atoms with Crippen LogP contribution in [-0.2, 0) is 14.3 Å². The van der Waals surface area contributed by atoms with Gasteiger partial charge in [0, 0.05) is 24.1 Å². The number of hydrogen-bond acceptors (Lipinski definition) is 8. The molecular formula is C32H28N2O6. The molecule has 0 bridgehead atoms. The molecule has 3 aromatic carbocycles. The van der Waals surface area contributed by atoms with Crippen LogP contribution in [0.2, 0.25) is 0 Å². The lowest BCUT2D eigenvalue weighted by atomic mass is 9.68. The van der Waals surface area contributed by atoms with Crippen molar-refractivity contribution in [2.45, 2.75) is 31.8 Å². The number of Topliss-reactive ketones (excluding diaryl/α,β-unsaturated/α-hetero) is 1. The summed E-state index contributed by atoms with van der Waals surface area (Å²) in [7, 11) is 1.55. The normalized spacial score (nSPS) is 22.4. The fourth-order valence-electron chi connectivity index (χ4n) is 5.83. The van der Waals surface area contributed by atoms with Gasteiger partial charge in [0.05, 0.1) is 25.8 Å². The number of carbonyl (C=O) groups is 3. The van der Waals surface area contributed by atoms with E-state index >= 15 is 0 Å². The summed E-state index contributed by atoms with van der Waals surface area (Å²) in [5, 5.41) is 10.8. The number of carbonyl (C=O) groups excluding carboxylic acids is 3. The molecule has 8 heteroatoms. The zero-order valence-corrected chi connectivity index (χ0v) is 22.4. The highest BCUT2D eigenvalue weighted by molar-refractivity contribution is 6.06. The number of nitriles is 1. The van der Waals surface area contributed by atoms with E-state index in [1.807, 2.05) is 41.3 Å². The van der Waals surface area contributed by atoms with Crippen LogP contribution in [0.1, 0.15) is 41.3 Å². The van der Waals surface area contributed by atoms with Gasteiger partial charge < -0.3 is 19.1 Å². The van der Waals surface area contributed by atoms with Crippen molar-refractivity contribution in [3.63, 3.8) is 0 Å². The first-order valence-corrected chi connectivity index (χ1v) is 13.0. The Kier molecular flexibility index (Phi) is 7.14. The smallest absolute Gasteiger partial charge is 0.329 e. The second kappa shape index (κ2) is 10.7. The molecule has 40 heavy (non-hydrogen) atoms. The Morgan fingerprint density at radius 2 is 1.65 bits per heavy atom. The maximum Gasteiger partial charge on any atom is 0.329 e. The van der Waals surface area contributed by atoms with Gasteiger partial charge in [0.25, 0.3) is 0 Å². The van der Waals surface area contributed by atoms with Gasteiger partial charge >= 0.3 is 11.9 Å². The molecule has 0 aliphatic carbocycles. The highest BCUT2D eigenvalue weighted by Gasteiger charge is 2.67. The van der Waals surface area contributed by atoms with E-state index in [1.165, 1.54) is 6.92 Å². The molecule has 0 amide bonds. The highest BCUT2D eigenvalue weighted by atomic mass is 16.5. The van der Waals surface area contributed by atoms with Gasteiger partial charge in [-0.3, -0.25) is 14.4 Å². The van der Waals surface area contributed by atoms with Crippen molar-refractivity contribution in [1.29, 1.82) is 5.26 Å². The van der Waals surface area contributed by atoms with Gasteiger partial charge in [-0.2, -0.15) is 5.26 Å². The number of benzene rings is 3. The number of nitrogens with zero attached hydrogens (tertiary/aromatic N) is 2. The number of esters is 2. The first kappa shape index (κ1) is 26.7.